The highest BCUT2D eigenvalue weighted by atomic mass is 32.2. The van der Waals surface area contributed by atoms with Crippen LogP contribution in [0.2, 0.25) is 0 Å². The Labute approximate surface area is 179 Å². The fourth-order valence-electron chi connectivity index (χ4n) is 2.78. The van der Waals surface area contributed by atoms with Gasteiger partial charge in [0.1, 0.15) is 6.04 Å². The van der Waals surface area contributed by atoms with Gasteiger partial charge in [-0.3, -0.25) is 9.59 Å². The number of thioether (sulfide) groups is 1. The fraction of sp³-hybridized carbons (Fsp3) is 0.217. The van der Waals surface area contributed by atoms with Crippen molar-refractivity contribution in [2.24, 2.45) is 0 Å². The van der Waals surface area contributed by atoms with Crippen LogP contribution in [0.5, 0.6) is 0 Å². The van der Waals surface area contributed by atoms with Crippen molar-refractivity contribution < 1.29 is 9.59 Å². The molecule has 1 heterocycles. The third-order valence-corrected chi connectivity index (χ3v) is 6.25. The Morgan fingerprint density at radius 2 is 1.76 bits per heavy atom. The molecule has 1 aromatic heterocycles. The lowest BCUT2D eigenvalue weighted by Crippen LogP contribution is -2.40. The van der Waals surface area contributed by atoms with Crippen LogP contribution in [0.1, 0.15) is 32.4 Å². The maximum atomic E-state index is 12.8. The van der Waals surface area contributed by atoms with Crippen LogP contribution in [-0.4, -0.2) is 24.1 Å². The van der Waals surface area contributed by atoms with E-state index in [0.717, 1.165) is 17.1 Å². The van der Waals surface area contributed by atoms with E-state index in [1.165, 1.54) is 22.5 Å². The Morgan fingerprint density at radius 1 is 1.00 bits per heavy atom. The quantitative estimate of drug-likeness (QED) is 0.495. The van der Waals surface area contributed by atoms with E-state index in [1.807, 2.05) is 41.8 Å². The van der Waals surface area contributed by atoms with Gasteiger partial charge in [0.25, 0.3) is 5.91 Å². The summed E-state index contributed by atoms with van der Waals surface area (Å²) in [6.45, 7) is 2.63. The highest BCUT2D eigenvalue weighted by Crippen LogP contribution is 2.16. The van der Waals surface area contributed by atoms with E-state index < -0.39 is 6.04 Å². The molecule has 0 saturated heterocycles. The van der Waals surface area contributed by atoms with Crippen molar-refractivity contribution in [2.45, 2.75) is 18.7 Å². The fourth-order valence-corrected chi connectivity index (χ4v) is 4.22. The standard InChI is InChI=1S/C23H24N2O2S2/c1-17-9-11-18(12-10-17)16-28-15-13-24-23(27)21(19-6-3-2-4-7-19)25-22(26)20-8-5-14-29-20/h2-12,14,21H,13,15-16H2,1H3,(H,24,27)(H,25,26). The second-order valence-electron chi connectivity index (χ2n) is 6.62. The molecule has 3 rings (SSSR count). The van der Waals surface area contributed by atoms with Crippen LogP contribution in [-0.2, 0) is 10.5 Å². The smallest absolute Gasteiger partial charge is 0.262 e. The summed E-state index contributed by atoms with van der Waals surface area (Å²) in [6.07, 6.45) is 0. The maximum absolute atomic E-state index is 12.8. The molecule has 4 nitrogen and oxygen atoms in total. The maximum Gasteiger partial charge on any atom is 0.262 e. The zero-order valence-corrected chi connectivity index (χ0v) is 17.9. The van der Waals surface area contributed by atoms with Gasteiger partial charge in [-0.15, -0.1) is 11.3 Å². The van der Waals surface area contributed by atoms with Crippen LogP contribution in [0, 0.1) is 6.92 Å². The number of carbonyl (C=O) groups is 2. The number of aryl methyl sites for hydroxylation is 1. The predicted molar refractivity (Wildman–Crippen MR) is 121 cm³/mol. The highest BCUT2D eigenvalue weighted by Gasteiger charge is 2.23. The molecule has 1 unspecified atom stereocenters. The van der Waals surface area contributed by atoms with Gasteiger partial charge in [0.05, 0.1) is 4.88 Å². The summed E-state index contributed by atoms with van der Waals surface area (Å²) in [6, 6.07) is 20.7. The number of thiophene rings is 1. The molecule has 2 N–H and O–H groups in total. The number of benzene rings is 2. The highest BCUT2D eigenvalue weighted by molar-refractivity contribution is 7.98. The lowest BCUT2D eigenvalue weighted by atomic mass is 10.1. The van der Waals surface area contributed by atoms with Gasteiger partial charge in [-0.1, -0.05) is 66.2 Å². The SMILES string of the molecule is Cc1ccc(CSCCNC(=O)C(NC(=O)c2cccs2)c2ccccc2)cc1. The summed E-state index contributed by atoms with van der Waals surface area (Å²) in [5.74, 6) is 1.28. The Bertz CT molecular complexity index is 910. The van der Waals surface area contributed by atoms with Crippen LogP contribution in [0.3, 0.4) is 0 Å². The van der Waals surface area contributed by atoms with Gasteiger partial charge < -0.3 is 10.6 Å². The number of hydrogen-bond donors (Lipinski definition) is 2. The summed E-state index contributed by atoms with van der Waals surface area (Å²) in [7, 11) is 0. The first-order valence-corrected chi connectivity index (χ1v) is 11.5. The van der Waals surface area contributed by atoms with Gasteiger partial charge in [0, 0.05) is 18.1 Å². The number of hydrogen-bond acceptors (Lipinski definition) is 4. The minimum absolute atomic E-state index is 0.197. The van der Waals surface area contributed by atoms with E-state index in [2.05, 4.69) is 41.8 Å². The monoisotopic (exact) mass is 424 g/mol. The van der Waals surface area contributed by atoms with E-state index in [9.17, 15) is 9.59 Å². The molecule has 29 heavy (non-hydrogen) atoms. The minimum atomic E-state index is -0.715. The molecule has 0 fully saturated rings. The van der Waals surface area contributed by atoms with Crippen LogP contribution >= 0.6 is 23.1 Å². The second kappa shape index (κ2) is 10.8. The zero-order valence-electron chi connectivity index (χ0n) is 16.3. The van der Waals surface area contributed by atoms with Gasteiger partial charge in [-0.2, -0.15) is 11.8 Å². The van der Waals surface area contributed by atoms with Gasteiger partial charge in [0.2, 0.25) is 5.91 Å². The van der Waals surface area contributed by atoms with E-state index in [-0.39, 0.29) is 11.8 Å². The average molecular weight is 425 g/mol. The molecule has 2 amide bonds. The van der Waals surface area contributed by atoms with E-state index in [1.54, 1.807) is 17.8 Å². The molecule has 150 valence electrons. The second-order valence-corrected chi connectivity index (χ2v) is 8.68. The molecule has 0 saturated carbocycles. The molecule has 0 bridgehead atoms. The molecule has 0 aliphatic rings. The lowest BCUT2D eigenvalue weighted by molar-refractivity contribution is -0.123. The summed E-state index contributed by atoms with van der Waals surface area (Å²) in [4.78, 5) is 25.8. The van der Waals surface area contributed by atoms with E-state index in [0.29, 0.717) is 11.4 Å². The Kier molecular flexibility index (Phi) is 7.90. The van der Waals surface area contributed by atoms with Crippen LogP contribution in [0.4, 0.5) is 0 Å². The van der Waals surface area contributed by atoms with Gasteiger partial charge >= 0.3 is 0 Å². The Morgan fingerprint density at radius 3 is 2.45 bits per heavy atom. The Balaban J connectivity index is 1.52. The topological polar surface area (TPSA) is 58.2 Å². The number of nitrogens with one attached hydrogen (secondary N) is 2. The van der Waals surface area contributed by atoms with Crippen LogP contribution in [0.15, 0.2) is 72.1 Å². The van der Waals surface area contributed by atoms with Crippen molar-refractivity contribution in [3.8, 4) is 0 Å². The molecule has 6 heteroatoms. The van der Waals surface area contributed by atoms with Crippen molar-refractivity contribution in [3.63, 3.8) is 0 Å². The van der Waals surface area contributed by atoms with Crippen molar-refractivity contribution in [1.29, 1.82) is 0 Å². The van der Waals surface area contributed by atoms with Crippen molar-refractivity contribution in [3.05, 3.63) is 93.7 Å². The minimum Gasteiger partial charge on any atom is -0.353 e. The molecule has 1 atom stereocenters. The first kappa shape index (κ1) is 21.1. The number of amides is 2. The van der Waals surface area contributed by atoms with Gasteiger partial charge in [0.15, 0.2) is 0 Å². The molecule has 0 aliphatic carbocycles. The lowest BCUT2D eigenvalue weighted by Gasteiger charge is -2.18. The van der Waals surface area contributed by atoms with E-state index in [4.69, 9.17) is 0 Å². The number of carbonyl (C=O) groups excluding carboxylic acids is 2. The molecule has 3 aromatic rings. The molecule has 0 spiro atoms. The summed E-state index contributed by atoms with van der Waals surface area (Å²) in [5.41, 5.74) is 3.29. The third-order valence-electron chi connectivity index (χ3n) is 4.35. The van der Waals surface area contributed by atoms with Crippen molar-refractivity contribution in [2.75, 3.05) is 12.3 Å². The van der Waals surface area contributed by atoms with Crippen LogP contribution < -0.4 is 10.6 Å². The molecular weight excluding hydrogens is 400 g/mol. The molecular formula is C23H24N2O2S2. The normalized spacial score (nSPS) is 11.6. The summed E-state index contributed by atoms with van der Waals surface area (Å²) in [5, 5.41) is 7.66. The van der Waals surface area contributed by atoms with Crippen molar-refractivity contribution in [1.82, 2.24) is 10.6 Å². The molecule has 0 aliphatic heterocycles. The van der Waals surface area contributed by atoms with Crippen LogP contribution in [0.25, 0.3) is 0 Å². The Hall–Kier alpha value is -2.57. The first-order chi connectivity index (χ1) is 14.1. The summed E-state index contributed by atoms with van der Waals surface area (Å²) >= 11 is 3.13. The van der Waals surface area contributed by atoms with Gasteiger partial charge in [-0.25, -0.2) is 0 Å². The molecule has 0 radical (unpaired) electrons. The largest absolute Gasteiger partial charge is 0.353 e. The zero-order chi connectivity index (χ0) is 20.5. The first-order valence-electron chi connectivity index (χ1n) is 9.44. The third kappa shape index (κ3) is 6.48. The average Bonchev–Trinajstić information content (AvgIpc) is 3.28. The van der Waals surface area contributed by atoms with Crippen molar-refractivity contribution >= 4 is 34.9 Å². The number of rotatable bonds is 9. The predicted octanol–water partition coefficient (Wildman–Crippen LogP) is 4.58. The van der Waals surface area contributed by atoms with Gasteiger partial charge in [-0.05, 0) is 29.5 Å². The molecule has 2 aromatic carbocycles. The van der Waals surface area contributed by atoms with E-state index >= 15 is 0 Å². The summed E-state index contributed by atoms with van der Waals surface area (Å²) < 4.78 is 0.